The maximum atomic E-state index is 12.2. The highest BCUT2D eigenvalue weighted by atomic mass is 16.2. The molecule has 0 fully saturated rings. The zero-order valence-electron chi connectivity index (χ0n) is 11.5. The molecule has 0 saturated heterocycles. The summed E-state index contributed by atoms with van der Waals surface area (Å²) in [5.74, 6) is -1.15. The van der Waals surface area contributed by atoms with Crippen molar-refractivity contribution in [2.24, 2.45) is 5.73 Å². The minimum absolute atomic E-state index is 0.301. The van der Waals surface area contributed by atoms with Crippen LogP contribution in [0.4, 0.5) is 0 Å². The molecule has 1 aromatic carbocycles. The third kappa shape index (κ3) is 2.18. The standard InChI is InChI=1S/C14H17N3O3/c1-9(12(18)16(2)8-7-15)17-13(19)10-5-3-4-6-11(10)14(17)20/h3-6,9H,7-8,15H2,1-2H3. The molecule has 2 N–H and O–H groups in total. The van der Waals surface area contributed by atoms with Crippen molar-refractivity contribution in [1.82, 2.24) is 9.80 Å². The van der Waals surface area contributed by atoms with Crippen molar-refractivity contribution in [2.45, 2.75) is 13.0 Å². The van der Waals surface area contributed by atoms with Gasteiger partial charge in [0.1, 0.15) is 6.04 Å². The van der Waals surface area contributed by atoms with Crippen LogP contribution in [-0.2, 0) is 4.79 Å². The Bertz CT molecular complexity index is 536. The summed E-state index contributed by atoms with van der Waals surface area (Å²) in [6.45, 7) is 2.26. The van der Waals surface area contributed by atoms with Gasteiger partial charge in [0, 0.05) is 20.1 Å². The Morgan fingerprint density at radius 2 is 1.75 bits per heavy atom. The van der Waals surface area contributed by atoms with Gasteiger partial charge in [-0.3, -0.25) is 19.3 Å². The molecule has 3 amide bonds. The number of nitrogens with two attached hydrogens (primary N) is 1. The summed E-state index contributed by atoms with van der Waals surface area (Å²) in [4.78, 5) is 39.1. The molecule has 0 radical (unpaired) electrons. The molecule has 0 saturated carbocycles. The van der Waals surface area contributed by atoms with E-state index in [-0.39, 0.29) is 5.91 Å². The monoisotopic (exact) mass is 275 g/mol. The van der Waals surface area contributed by atoms with E-state index in [0.717, 1.165) is 4.90 Å². The average Bonchev–Trinajstić information content (AvgIpc) is 2.70. The minimum Gasteiger partial charge on any atom is -0.343 e. The van der Waals surface area contributed by atoms with Gasteiger partial charge < -0.3 is 10.6 Å². The smallest absolute Gasteiger partial charge is 0.262 e. The van der Waals surface area contributed by atoms with Crippen molar-refractivity contribution in [3.63, 3.8) is 0 Å². The van der Waals surface area contributed by atoms with Gasteiger partial charge in [-0.15, -0.1) is 0 Å². The molecule has 1 aliphatic heterocycles. The van der Waals surface area contributed by atoms with E-state index in [0.29, 0.717) is 24.2 Å². The first-order chi connectivity index (χ1) is 9.49. The van der Waals surface area contributed by atoms with Gasteiger partial charge in [0.2, 0.25) is 5.91 Å². The first kappa shape index (κ1) is 14.2. The molecular weight excluding hydrogens is 258 g/mol. The first-order valence-electron chi connectivity index (χ1n) is 6.41. The lowest BCUT2D eigenvalue weighted by Crippen LogP contribution is -2.49. The summed E-state index contributed by atoms with van der Waals surface area (Å²) in [6, 6.07) is 5.74. The Hall–Kier alpha value is -2.21. The second kappa shape index (κ2) is 5.42. The molecule has 0 bridgehead atoms. The highest BCUT2D eigenvalue weighted by molar-refractivity contribution is 6.22. The van der Waals surface area contributed by atoms with Crippen LogP contribution < -0.4 is 5.73 Å². The van der Waals surface area contributed by atoms with Crippen molar-refractivity contribution in [1.29, 1.82) is 0 Å². The van der Waals surface area contributed by atoms with Crippen molar-refractivity contribution < 1.29 is 14.4 Å². The molecule has 0 aromatic heterocycles. The average molecular weight is 275 g/mol. The molecule has 20 heavy (non-hydrogen) atoms. The van der Waals surface area contributed by atoms with E-state index in [2.05, 4.69) is 0 Å². The van der Waals surface area contributed by atoms with Crippen molar-refractivity contribution in [3.8, 4) is 0 Å². The number of fused-ring (bicyclic) bond motifs is 1. The van der Waals surface area contributed by atoms with Gasteiger partial charge in [0.05, 0.1) is 11.1 Å². The maximum Gasteiger partial charge on any atom is 0.262 e. The van der Waals surface area contributed by atoms with E-state index in [9.17, 15) is 14.4 Å². The number of hydrogen-bond acceptors (Lipinski definition) is 4. The molecule has 0 spiro atoms. The summed E-state index contributed by atoms with van der Waals surface area (Å²) in [5.41, 5.74) is 6.09. The summed E-state index contributed by atoms with van der Waals surface area (Å²) in [6.07, 6.45) is 0. The Balaban J connectivity index is 2.25. The molecule has 6 heteroatoms. The van der Waals surface area contributed by atoms with Crippen LogP contribution in [-0.4, -0.2) is 53.7 Å². The highest BCUT2D eigenvalue weighted by Crippen LogP contribution is 2.24. The molecule has 0 aliphatic carbocycles. The number of carbonyl (C=O) groups is 3. The summed E-state index contributed by atoms with van der Waals surface area (Å²) >= 11 is 0. The normalized spacial score (nSPS) is 15.2. The molecule has 106 valence electrons. The second-order valence-corrected chi connectivity index (χ2v) is 4.75. The number of nitrogens with zero attached hydrogens (tertiary/aromatic N) is 2. The number of benzene rings is 1. The lowest BCUT2D eigenvalue weighted by Gasteiger charge is -2.26. The Morgan fingerprint density at radius 3 is 2.20 bits per heavy atom. The predicted octanol–water partition coefficient (Wildman–Crippen LogP) is 0.0882. The van der Waals surface area contributed by atoms with Crippen molar-refractivity contribution in [2.75, 3.05) is 20.1 Å². The second-order valence-electron chi connectivity index (χ2n) is 4.75. The van der Waals surface area contributed by atoms with Crippen LogP contribution in [0.1, 0.15) is 27.6 Å². The zero-order valence-corrected chi connectivity index (χ0v) is 11.5. The number of imide groups is 1. The fourth-order valence-corrected chi connectivity index (χ4v) is 2.29. The van der Waals surface area contributed by atoms with Crippen LogP contribution in [0.3, 0.4) is 0 Å². The number of rotatable bonds is 4. The fraction of sp³-hybridized carbons (Fsp3) is 0.357. The van der Waals surface area contributed by atoms with Crippen molar-refractivity contribution >= 4 is 17.7 Å². The SMILES string of the molecule is CC(C(=O)N(C)CCN)N1C(=O)c2ccccc2C1=O. The van der Waals surface area contributed by atoms with Gasteiger partial charge in [-0.05, 0) is 19.1 Å². The summed E-state index contributed by atoms with van der Waals surface area (Å²) in [7, 11) is 1.60. The third-order valence-corrected chi connectivity index (χ3v) is 3.41. The van der Waals surface area contributed by atoms with E-state index in [4.69, 9.17) is 5.73 Å². The maximum absolute atomic E-state index is 12.2. The third-order valence-electron chi connectivity index (χ3n) is 3.41. The van der Waals surface area contributed by atoms with Gasteiger partial charge in [-0.1, -0.05) is 12.1 Å². The van der Waals surface area contributed by atoms with Gasteiger partial charge in [0.25, 0.3) is 11.8 Å². The molecule has 1 heterocycles. The number of hydrogen-bond donors (Lipinski definition) is 1. The molecular formula is C14H17N3O3. The van der Waals surface area contributed by atoms with Crippen LogP contribution in [0.25, 0.3) is 0 Å². The largest absolute Gasteiger partial charge is 0.343 e. The molecule has 1 unspecified atom stereocenters. The Morgan fingerprint density at radius 1 is 1.25 bits per heavy atom. The van der Waals surface area contributed by atoms with Gasteiger partial charge in [-0.2, -0.15) is 0 Å². The van der Waals surface area contributed by atoms with Crippen molar-refractivity contribution in [3.05, 3.63) is 35.4 Å². The first-order valence-corrected chi connectivity index (χ1v) is 6.41. The lowest BCUT2D eigenvalue weighted by molar-refractivity contribution is -0.133. The molecule has 2 rings (SSSR count). The van der Waals surface area contributed by atoms with Crippen LogP contribution in [0.15, 0.2) is 24.3 Å². The number of carbonyl (C=O) groups excluding carboxylic acids is 3. The quantitative estimate of drug-likeness (QED) is 0.789. The van der Waals surface area contributed by atoms with E-state index >= 15 is 0 Å². The van der Waals surface area contributed by atoms with Gasteiger partial charge in [0.15, 0.2) is 0 Å². The van der Waals surface area contributed by atoms with E-state index in [1.165, 1.54) is 4.90 Å². The summed E-state index contributed by atoms with van der Waals surface area (Å²) < 4.78 is 0. The van der Waals surface area contributed by atoms with Crippen LogP contribution in [0.5, 0.6) is 0 Å². The highest BCUT2D eigenvalue weighted by Gasteiger charge is 2.41. The lowest BCUT2D eigenvalue weighted by atomic mass is 10.1. The molecule has 1 aromatic rings. The van der Waals surface area contributed by atoms with E-state index in [1.54, 1.807) is 38.2 Å². The van der Waals surface area contributed by atoms with E-state index < -0.39 is 17.9 Å². The molecule has 6 nitrogen and oxygen atoms in total. The molecule has 1 atom stereocenters. The zero-order chi connectivity index (χ0) is 14.9. The molecule has 1 aliphatic rings. The van der Waals surface area contributed by atoms with Gasteiger partial charge in [-0.25, -0.2) is 0 Å². The van der Waals surface area contributed by atoms with Crippen LogP contribution >= 0.6 is 0 Å². The predicted molar refractivity (Wildman–Crippen MR) is 73.1 cm³/mol. The topological polar surface area (TPSA) is 83.7 Å². The number of amides is 3. The van der Waals surface area contributed by atoms with Crippen LogP contribution in [0, 0.1) is 0 Å². The Kier molecular flexibility index (Phi) is 3.85. The minimum atomic E-state index is -0.834. The van der Waals surface area contributed by atoms with Gasteiger partial charge >= 0.3 is 0 Å². The Labute approximate surface area is 117 Å². The van der Waals surface area contributed by atoms with Crippen LogP contribution in [0.2, 0.25) is 0 Å². The fourth-order valence-electron chi connectivity index (χ4n) is 2.29. The van der Waals surface area contributed by atoms with E-state index in [1.807, 2.05) is 0 Å². The number of likely N-dealkylation sites (N-methyl/N-ethyl adjacent to an activating group) is 1. The summed E-state index contributed by atoms with van der Waals surface area (Å²) in [5, 5.41) is 0.